The molecule has 2 saturated carbocycles. The third-order valence-electron chi connectivity index (χ3n) is 4.85. The Kier molecular flexibility index (Phi) is 6.00. The minimum absolute atomic E-state index is 0. The molecule has 0 heterocycles. The maximum absolute atomic E-state index is 12.5. The molecule has 2 atom stereocenters. The first-order valence-electron chi connectivity index (χ1n) is 7.56. The molecule has 3 N–H and O–H groups in total. The molecule has 6 heteroatoms. The van der Waals surface area contributed by atoms with Crippen molar-refractivity contribution < 1.29 is 4.79 Å². The van der Waals surface area contributed by atoms with Crippen LogP contribution in [0.3, 0.4) is 0 Å². The average Bonchev–Trinajstić information content (AvgIpc) is 2.42. The van der Waals surface area contributed by atoms with Gasteiger partial charge in [0.2, 0.25) is 0 Å². The molecule has 2 aliphatic rings. The van der Waals surface area contributed by atoms with Crippen LogP contribution in [0.5, 0.6) is 0 Å². The number of fused-ring (bicyclic) bond motifs is 2. The third kappa shape index (κ3) is 3.70. The summed E-state index contributed by atoms with van der Waals surface area (Å²) in [5, 5.41) is 4.15. The molecular weight excluding hydrogens is 343 g/mol. The van der Waals surface area contributed by atoms with Gasteiger partial charge in [0.1, 0.15) is 0 Å². The lowest BCUT2D eigenvalue weighted by Crippen LogP contribution is -2.53. The number of nitrogens with one attached hydrogen (secondary N) is 1. The Morgan fingerprint density at radius 1 is 1.18 bits per heavy atom. The summed E-state index contributed by atoms with van der Waals surface area (Å²) in [5.41, 5.74) is 6.58. The van der Waals surface area contributed by atoms with Gasteiger partial charge < -0.3 is 11.1 Å². The summed E-state index contributed by atoms with van der Waals surface area (Å²) in [6, 6.07) is 5.49. The Labute approximate surface area is 147 Å². The second kappa shape index (κ2) is 7.39. The number of rotatable bonds is 2. The van der Waals surface area contributed by atoms with Crippen LogP contribution in [-0.2, 0) is 0 Å². The first-order chi connectivity index (χ1) is 10.0. The summed E-state index contributed by atoms with van der Waals surface area (Å²) in [6.07, 6.45) is 5.55. The standard InChI is InChI=1S/C16H20Cl2N2O.ClH/c17-11-4-5-14(18)13(8-11)16(21)20-15-9-2-1-3-10(15)7-12(19)6-9;/h4-5,8-10,12,15H,1-3,6-7,19H2,(H,20,21);1H. The molecule has 1 aromatic rings. The van der Waals surface area contributed by atoms with E-state index in [1.54, 1.807) is 18.2 Å². The summed E-state index contributed by atoms with van der Waals surface area (Å²) in [5.74, 6) is 0.865. The second-order valence-corrected chi connectivity index (χ2v) is 7.15. The van der Waals surface area contributed by atoms with Gasteiger partial charge in [0, 0.05) is 17.1 Å². The summed E-state index contributed by atoms with van der Waals surface area (Å²) >= 11 is 12.1. The van der Waals surface area contributed by atoms with Gasteiger partial charge in [0.25, 0.3) is 5.91 Å². The predicted octanol–water partition coefficient (Wildman–Crippen LogP) is 4.05. The van der Waals surface area contributed by atoms with Gasteiger partial charge in [-0.2, -0.15) is 0 Å². The minimum atomic E-state index is -0.125. The van der Waals surface area contributed by atoms with E-state index in [0.29, 0.717) is 27.4 Å². The fourth-order valence-corrected chi connectivity index (χ4v) is 4.30. The average molecular weight is 364 g/mol. The molecule has 1 aromatic carbocycles. The number of nitrogens with two attached hydrogens (primary N) is 1. The maximum atomic E-state index is 12.5. The van der Waals surface area contributed by atoms with Crippen LogP contribution >= 0.6 is 35.6 Å². The predicted molar refractivity (Wildman–Crippen MR) is 93.0 cm³/mol. The van der Waals surface area contributed by atoms with E-state index in [4.69, 9.17) is 28.9 Å². The maximum Gasteiger partial charge on any atom is 0.253 e. The molecule has 3 nitrogen and oxygen atoms in total. The van der Waals surface area contributed by atoms with Crippen LogP contribution in [-0.4, -0.2) is 18.0 Å². The number of halogens is 3. The zero-order valence-corrected chi connectivity index (χ0v) is 14.6. The van der Waals surface area contributed by atoms with Crippen molar-refractivity contribution in [3.05, 3.63) is 33.8 Å². The van der Waals surface area contributed by atoms with Crippen molar-refractivity contribution in [2.24, 2.45) is 17.6 Å². The molecule has 0 saturated heterocycles. The van der Waals surface area contributed by atoms with Crippen LogP contribution in [0.1, 0.15) is 42.5 Å². The van der Waals surface area contributed by atoms with E-state index >= 15 is 0 Å². The van der Waals surface area contributed by atoms with Crippen molar-refractivity contribution in [2.75, 3.05) is 0 Å². The highest BCUT2D eigenvalue weighted by Gasteiger charge is 2.40. The Balaban J connectivity index is 0.00000176. The van der Waals surface area contributed by atoms with Gasteiger partial charge in [-0.05, 0) is 55.7 Å². The van der Waals surface area contributed by atoms with E-state index in [1.165, 1.54) is 6.42 Å². The highest BCUT2D eigenvalue weighted by atomic mass is 35.5. The van der Waals surface area contributed by atoms with E-state index < -0.39 is 0 Å². The number of benzene rings is 1. The van der Waals surface area contributed by atoms with Crippen LogP contribution in [0.25, 0.3) is 0 Å². The zero-order chi connectivity index (χ0) is 15.0. The molecule has 1 amide bonds. The van der Waals surface area contributed by atoms with Crippen molar-refractivity contribution in [3.8, 4) is 0 Å². The lowest BCUT2D eigenvalue weighted by molar-refractivity contribution is 0.0756. The normalized spacial score (nSPS) is 30.3. The Morgan fingerprint density at radius 2 is 1.82 bits per heavy atom. The lowest BCUT2D eigenvalue weighted by Gasteiger charge is -2.45. The first-order valence-corrected chi connectivity index (χ1v) is 8.31. The number of hydrogen-bond acceptors (Lipinski definition) is 2. The van der Waals surface area contributed by atoms with Crippen LogP contribution in [0, 0.1) is 11.8 Å². The van der Waals surface area contributed by atoms with E-state index in [-0.39, 0.29) is 30.4 Å². The molecule has 3 rings (SSSR count). The minimum Gasteiger partial charge on any atom is -0.349 e. The van der Waals surface area contributed by atoms with E-state index in [9.17, 15) is 4.79 Å². The van der Waals surface area contributed by atoms with Crippen molar-refractivity contribution >= 4 is 41.5 Å². The summed E-state index contributed by atoms with van der Waals surface area (Å²) in [4.78, 5) is 12.5. The summed E-state index contributed by atoms with van der Waals surface area (Å²) < 4.78 is 0. The van der Waals surface area contributed by atoms with Crippen molar-refractivity contribution in [2.45, 2.75) is 44.2 Å². The molecule has 0 spiro atoms. The number of amides is 1. The Hall–Kier alpha value is -0.480. The quantitative estimate of drug-likeness (QED) is 0.833. The van der Waals surface area contributed by atoms with Crippen LogP contribution < -0.4 is 11.1 Å². The molecule has 2 bridgehead atoms. The molecule has 2 aliphatic carbocycles. The van der Waals surface area contributed by atoms with Gasteiger partial charge in [-0.25, -0.2) is 0 Å². The molecule has 0 radical (unpaired) electrons. The van der Waals surface area contributed by atoms with Gasteiger partial charge in [-0.1, -0.05) is 29.6 Å². The summed E-state index contributed by atoms with van der Waals surface area (Å²) in [6.45, 7) is 0. The fraction of sp³-hybridized carbons (Fsp3) is 0.562. The largest absolute Gasteiger partial charge is 0.349 e. The topological polar surface area (TPSA) is 55.1 Å². The number of hydrogen-bond donors (Lipinski definition) is 2. The van der Waals surface area contributed by atoms with Gasteiger partial charge in [-0.3, -0.25) is 4.79 Å². The van der Waals surface area contributed by atoms with E-state index in [0.717, 1.165) is 25.7 Å². The SMILES string of the molecule is Cl.NC1CC2CCCC(C1)C2NC(=O)c1cc(Cl)ccc1Cl. The molecule has 0 aromatic heterocycles. The molecular formula is C16H21Cl3N2O. The highest BCUT2D eigenvalue weighted by molar-refractivity contribution is 6.35. The Bertz CT molecular complexity index is 538. The van der Waals surface area contributed by atoms with Crippen molar-refractivity contribution in [1.29, 1.82) is 0 Å². The lowest BCUT2D eigenvalue weighted by atomic mass is 9.67. The van der Waals surface area contributed by atoms with Crippen LogP contribution in [0.2, 0.25) is 10.0 Å². The monoisotopic (exact) mass is 362 g/mol. The molecule has 2 fully saturated rings. The van der Waals surface area contributed by atoms with E-state index in [1.807, 2.05) is 0 Å². The first kappa shape index (κ1) is 17.9. The van der Waals surface area contributed by atoms with Gasteiger partial charge in [0.05, 0.1) is 10.6 Å². The number of carbonyl (C=O) groups is 1. The van der Waals surface area contributed by atoms with Crippen molar-refractivity contribution in [1.82, 2.24) is 5.32 Å². The number of carbonyl (C=O) groups excluding carboxylic acids is 1. The van der Waals surface area contributed by atoms with Gasteiger partial charge >= 0.3 is 0 Å². The van der Waals surface area contributed by atoms with Crippen LogP contribution in [0.4, 0.5) is 0 Å². The third-order valence-corrected chi connectivity index (χ3v) is 5.41. The Morgan fingerprint density at radius 3 is 2.45 bits per heavy atom. The van der Waals surface area contributed by atoms with Crippen LogP contribution in [0.15, 0.2) is 18.2 Å². The second-order valence-electron chi connectivity index (χ2n) is 6.31. The van der Waals surface area contributed by atoms with Gasteiger partial charge in [-0.15, -0.1) is 12.4 Å². The van der Waals surface area contributed by atoms with Crippen molar-refractivity contribution in [3.63, 3.8) is 0 Å². The summed E-state index contributed by atoms with van der Waals surface area (Å²) in [7, 11) is 0. The van der Waals surface area contributed by atoms with Gasteiger partial charge in [0.15, 0.2) is 0 Å². The smallest absolute Gasteiger partial charge is 0.253 e. The molecule has 122 valence electrons. The highest BCUT2D eigenvalue weighted by Crippen LogP contribution is 2.39. The molecule has 22 heavy (non-hydrogen) atoms. The molecule has 0 aliphatic heterocycles. The fourth-order valence-electron chi connectivity index (χ4n) is 3.93. The zero-order valence-electron chi connectivity index (χ0n) is 12.2. The molecule has 2 unspecified atom stereocenters. The van der Waals surface area contributed by atoms with E-state index in [2.05, 4.69) is 5.32 Å².